The summed E-state index contributed by atoms with van der Waals surface area (Å²) in [7, 11) is 0. The third-order valence-electron chi connectivity index (χ3n) is 4.40. The number of carbonyl (C=O) groups is 1. The van der Waals surface area contributed by atoms with Crippen LogP contribution in [-0.2, 0) is 11.4 Å². The fourth-order valence-corrected chi connectivity index (χ4v) is 4.39. The van der Waals surface area contributed by atoms with E-state index >= 15 is 0 Å². The summed E-state index contributed by atoms with van der Waals surface area (Å²) in [5.41, 5.74) is 1.56. The van der Waals surface area contributed by atoms with Crippen molar-refractivity contribution in [2.45, 2.75) is 6.61 Å². The fourth-order valence-electron chi connectivity index (χ4n) is 2.84. The van der Waals surface area contributed by atoms with E-state index in [2.05, 4.69) is 26.2 Å². The molecule has 4 rings (SSSR count). The van der Waals surface area contributed by atoms with Gasteiger partial charge in [0.05, 0.1) is 20.6 Å². The second-order valence-corrected chi connectivity index (χ2v) is 9.35. The summed E-state index contributed by atoms with van der Waals surface area (Å²) >= 11 is 16.8. The van der Waals surface area contributed by atoms with Gasteiger partial charge in [0.25, 0.3) is 5.91 Å². The Bertz CT molecular complexity index is 1270. The van der Waals surface area contributed by atoms with E-state index in [0.29, 0.717) is 42.7 Å². The van der Waals surface area contributed by atoms with Crippen LogP contribution < -0.4 is 10.1 Å². The molecule has 162 valence electrons. The molecule has 0 unspecified atom stereocenters. The van der Waals surface area contributed by atoms with E-state index in [-0.39, 0.29) is 18.3 Å². The number of aliphatic imine (C=N–C) groups is 1. The topological polar surface area (TPSA) is 50.7 Å². The van der Waals surface area contributed by atoms with E-state index in [9.17, 15) is 9.18 Å². The maximum atomic E-state index is 13.9. The summed E-state index contributed by atoms with van der Waals surface area (Å²) < 4.78 is 20.6. The molecule has 1 fully saturated rings. The fraction of sp³-hybridized carbons (Fsp3) is 0.0435. The molecule has 0 aromatic heterocycles. The van der Waals surface area contributed by atoms with Gasteiger partial charge in [0.1, 0.15) is 18.2 Å². The van der Waals surface area contributed by atoms with E-state index in [1.807, 2.05) is 12.1 Å². The summed E-state index contributed by atoms with van der Waals surface area (Å²) in [6, 6.07) is 16.9. The summed E-state index contributed by atoms with van der Waals surface area (Å²) in [6.45, 7) is 0.0593. The molecule has 4 nitrogen and oxygen atoms in total. The van der Waals surface area contributed by atoms with E-state index in [0.717, 1.165) is 4.47 Å². The van der Waals surface area contributed by atoms with Gasteiger partial charge in [0.15, 0.2) is 5.17 Å². The number of ether oxygens (including phenoxy) is 1. The summed E-state index contributed by atoms with van der Waals surface area (Å²) in [6.07, 6.45) is 1.70. The van der Waals surface area contributed by atoms with Gasteiger partial charge in [-0.1, -0.05) is 63.4 Å². The molecular weight excluding hydrogens is 538 g/mol. The molecule has 1 aliphatic rings. The van der Waals surface area contributed by atoms with Crippen molar-refractivity contribution in [2.75, 3.05) is 0 Å². The number of rotatable bonds is 5. The average molecular weight is 552 g/mol. The molecule has 0 atom stereocenters. The maximum absolute atomic E-state index is 13.9. The molecule has 0 aliphatic carbocycles. The number of nitrogens with one attached hydrogen (secondary N) is 1. The van der Waals surface area contributed by atoms with E-state index in [1.54, 1.807) is 48.5 Å². The van der Waals surface area contributed by atoms with E-state index in [1.165, 1.54) is 17.8 Å². The molecule has 1 saturated heterocycles. The molecular formula is C23H14BrCl2FN2O2S. The first kappa shape index (κ1) is 22.9. The maximum Gasteiger partial charge on any atom is 0.264 e. The Hall–Kier alpha value is -2.32. The number of nitrogens with zero attached hydrogens (tertiary/aromatic N) is 1. The summed E-state index contributed by atoms with van der Waals surface area (Å²) in [5.74, 6) is -0.122. The standard InChI is InChI=1S/C23H14BrCl2FN2O2S/c24-15-8-9-19(31-12-13-4-1-2-6-17(13)27)14(10-15)11-20-22(30)29-23(32-20)28-18-7-3-5-16(25)21(18)26/h1-11H,12H2,(H,28,29,30)/b20-11+. The van der Waals surface area contributed by atoms with Crippen LogP contribution in [0.4, 0.5) is 10.1 Å². The molecule has 0 bridgehead atoms. The highest BCUT2D eigenvalue weighted by molar-refractivity contribution is 9.10. The zero-order chi connectivity index (χ0) is 22.7. The third kappa shape index (κ3) is 5.35. The Morgan fingerprint density at radius 2 is 1.94 bits per heavy atom. The molecule has 0 saturated carbocycles. The van der Waals surface area contributed by atoms with Crippen molar-refractivity contribution in [3.8, 4) is 5.75 Å². The quantitative estimate of drug-likeness (QED) is 0.337. The molecule has 1 aliphatic heterocycles. The minimum absolute atomic E-state index is 0.0593. The molecule has 1 N–H and O–H groups in total. The van der Waals surface area contributed by atoms with Gasteiger partial charge in [-0.05, 0) is 54.2 Å². The number of hydrogen-bond acceptors (Lipinski definition) is 4. The third-order valence-corrected chi connectivity index (χ3v) is 6.62. The minimum Gasteiger partial charge on any atom is -0.488 e. The Morgan fingerprint density at radius 3 is 2.75 bits per heavy atom. The van der Waals surface area contributed by atoms with Gasteiger partial charge in [-0.3, -0.25) is 4.79 Å². The van der Waals surface area contributed by atoms with Gasteiger partial charge in [-0.25, -0.2) is 9.38 Å². The van der Waals surface area contributed by atoms with Crippen molar-refractivity contribution in [1.29, 1.82) is 0 Å². The zero-order valence-corrected chi connectivity index (χ0v) is 20.2. The van der Waals surface area contributed by atoms with Crippen molar-refractivity contribution < 1.29 is 13.9 Å². The number of hydrogen-bond donors (Lipinski definition) is 1. The van der Waals surface area contributed by atoms with Crippen LogP contribution in [0.15, 0.2) is 75.0 Å². The van der Waals surface area contributed by atoms with Crippen LogP contribution >= 0.6 is 50.9 Å². The lowest BCUT2D eigenvalue weighted by Gasteiger charge is -2.11. The van der Waals surface area contributed by atoms with Gasteiger partial charge in [-0.2, -0.15) is 0 Å². The van der Waals surface area contributed by atoms with Crippen LogP contribution in [-0.4, -0.2) is 11.1 Å². The van der Waals surface area contributed by atoms with Crippen LogP contribution in [0.2, 0.25) is 10.0 Å². The average Bonchev–Trinajstić information content (AvgIpc) is 3.10. The van der Waals surface area contributed by atoms with Gasteiger partial charge in [0, 0.05) is 15.6 Å². The van der Waals surface area contributed by atoms with Crippen LogP contribution in [0.1, 0.15) is 11.1 Å². The van der Waals surface area contributed by atoms with Crippen molar-refractivity contribution in [2.24, 2.45) is 4.99 Å². The highest BCUT2D eigenvalue weighted by Crippen LogP contribution is 2.35. The first-order chi connectivity index (χ1) is 15.4. The van der Waals surface area contributed by atoms with Crippen LogP contribution in [0, 0.1) is 5.82 Å². The number of benzene rings is 3. The van der Waals surface area contributed by atoms with Crippen LogP contribution in [0.5, 0.6) is 5.75 Å². The highest BCUT2D eigenvalue weighted by Gasteiger charge is 2.25. The minimum atomic E-state index is -0.337. The smallest absolute Gasteiger partial charge is 0.264 e. The lowest BCUT2D eigenvalue weighted by Crippen LogP contribution is -2.19. The second kappa shape index (κ2) is 10.1. The molecule has 32 heavy (non-hydrogen) atoms. The highest BCUT2D eigenvalue weighted by atomic mass is 79.9. The molecule has 1 heterocycles. The molecule has 0 radical (unpaired) electrons. The van der Waals surface area contributed by atoms with Crippen molar-refractivity contribution >= 4 is 73.7 Å². The predicted molar refractivity (Wildman–Crippen MR) is 132 cm³/mol. The van der Waals surface area contributed by atoms with Crippen molar-refractivity contribution in [1.82, 2.24) is 5.32 Å². The Balaban J connectivity index is 1.58. The predicted octanol–water partition coefficient (Wildman–Crippen LogP) is 7.37. The summed E-state index contributed by atoms with van der Waals surface area (Å²) in [4.78, 5) is 17.3. The number of halogens is 4. The van der Waals surface area contributed by atoms with Gasteiger partial charge >= 0.3 is 0 Å². The van der Waals surface area contributed by atoms with E-state index < -0.39 is 0 Å². The zero-order valence-electron chi connectivity index (χ0n) is 16.2. The SMILES string of the molecule is O=C1NC(=Nc2cccc(Cl)c2Cl)S/C1=C/c1cc(Br)ccc1OCc1ccccc1F. The number of carbonyl (C=O) groups excluding carboxylic acids is 1. The summed E-state index contributed by atoms with van der Waals surface area (Å²) in [5, 5.41) is 3.79. The Labute approximate surface area is 206 Å². The van der Waals surface area contributed by atoms with Crippen LogP contribution in [0.25, 0.3) is 6.08 Å². The molecule has 3 aromatic carbocycles. The Kier molecular flexibility index (Phi) is 7.20. The number of thioether (sulfide) groups is 1. The Morgan fingerprint density at radius 1 is 1.12 bits per heavy atom. The first-order valence-electron chi connectivity index (χ1n) is 9.30. The number of amides is 1. The first-order valence-corrected chi connectivity index (χ1v) is 11.7. The molecule has 9 heteroatoms. The second-order valence-electron chi connectivity index (χ2n) is 6.62. The van der Waals surface area contributed by atoms with Crippen molar-refractivity contribution in [3.05, 3.63) is 97.0 Å². The lowest BCUT2D eigenvalue weighted by molar-refractivity contribution is -0.115. The number of amidine groups is 1. The molecule has 1 amide bonds. The van der Waals surface area contributed by atoms with Gasteiger partial charge in [0.2, 0.25) is 0 Å². The van der Waals surface area contributed by atoms with Crippen LogP contribution in [0.3, 0.4) is 0 Å². The van der Waals surface area contributed by atoms with Crippen molar-refractivity contribution in [3.63, 3.8) is 0 Å². The molecule has 3 aromatic rings. The van der Waals surface area contributed by atoms with Gasteiger partial charge < -0.3 is 10.1 Å². The largest absolute Gasteiger partial charge is 0.488 e. The van der Waals surface area contributed by atoms with E-state index in [4.69, 9.17) is 27.9 Å². The molecule has 0 spiro atoms. The monoisotopic (exact) mass is 550 g/mol. The van der Waals surface area contributed by atoms with Gasteiger partial charge in [-0.15, -0.1) is 0 Å². The lowest BCUT2D eigenvalue weighted by atomic mass is 10.1. The normalized spacial score (nSPS) is 15.9.